The average Bonchev–Trinajstić information content (AvgIpc) is 2.18. The fraction of sp³-hybridized carbons (Fsp3) is 0.875. The van der Waals surface area contributed by atoms with Gasteiger partial charge in [-0.3, -0.25) is 4.79 Å². The van der Waals surface area contributed by atoms with Crippen LogP contribution >= 0.6 is 0 Å². The third-order valence-electron chi connectivity index (χ3n) is 2.45. The van der Waals surface area contributed by atoms with Gasteiger partial charge in [0.05, 0.1) is 0 Å². The van der Waals surface area contributed by atoms with Crippen molar-refractivity contribution >= 4 is 5.97 Å². The van der Waals surface area contributed by atoms with Gasteiger partial charge in [0, 0.05) is 19.1 Å². The summed E-state index contributed by atoms with van der Waals surface area (Å²) in [6, 6.07) is -2.12. The third kappa shape index (κ3) is 2.19. The van der Waals surface area contributed by atoms with E-state index in [0.717, 1.165) is 0 Å². The molecule has 1 saturated heterocycles. The number of carboxylic acids is 1. The number of hydrogen-bond donors (Lipinski definition) is 2. The first-order valence-corrected chi connectivity index (χ1v) is 4.40. The second kappa shape index (κ2) is 4.18. The number of ether oxygens (including phenoxy) is 1. The molecule has 1 rings (SSSR count). The number of hydrogen-bond acceptors (Lipinski definition) is 3. The summed E-state index contributed by atoms with van der Waals surface area (Å²) < 4.78 is 31.7. The van der Waals surface area contributed by atoms with Gasteiger partial charge >= 0.3 is 5.97 Å². The van der Waals surface area contributed by atoms with Gasteiger partial charge in [0.25, 0.3) is 5.92 Å². The summed E-state index contributed by atoms with van der Waals surface area (Å²) in [4.78, 5) is 10.4. The molecule has 3 N–H and O–H groups in total. The zero-order valence-corrected chi connectivity index (χ0v) is 7.58. The Morgan fingerprint density at radius 2 is 2.00 bits per heavy atom. The maximum Gasteiger partial charge on any atom is 0.326 e. The molecule has 6 heteroatoms. The van der Waals surface area contributed by atoms with Crippen molar-refractivity contribution in [3.8, 4) is 0 Å². The lowest BCUT2D eigenvalue weighted by Gasteiger charge is -2.31. The highest BCUT2D eigenvalue weighted by molar-refractivity contribution is 5.74. The van der Waals surface area contributed by atoms with Crippen LogP contribution in [0.25, 0.3) is 0 Å². The summed E-state index contributed by atoms with van der Waals surface area (Å²) in [5, 5.41) is 8.41. The van der Waals surface area contributed by atoms with E-state index in [1.165, 1.54) is 0 Å². The zero-order chi connectivity index (χ0) is 10.8. The smallest absolute Gasteiger partial charge is 0.326 e. The van der Waals surface area contributed by atoms with Crippen LogP contribution in [0.2, 0.25) is 0 Å². The Hall–Kier alpha value is -0.750. The van der Waals surface area contributed by atoms with E-state index in [0.29, 0.717) is 0 Å². The van der Waals surface area contributed by atoms with E-state index in [1.54, 1.807) is 0 Å². The Labute approximate surface area is 80.0 Å². The van der Waals surface area contributed by atoms with Gasteiger partial charge in [-0.05, 0) is 12.8 Å². The van der Waals surface area contributed by atoms with E-state index in [4.69, 9.17) is 15.6 Å². The van der Waals surface area contributed by atoms with Crippen molar-refractivity contribution in [2.24, 2.45) is 11.7 Å². The number of rotatable bonds is 3. The number of aliphatic carboxylic acids is 1. The maximum atomic E-state index is 13.4. The summed E-state index contributed by atoms with van der Waals surface area (Å²) in [7, 11) is 0. The second-order valence-electron chi connectivity index (χ2n) is 3.38. The lowest BCUT2D eigenvalue weighted by atomic mass is 9.88. The first kappa shape index (κ1) is 11.3. The Balaban J connectivity index is 2.66. The van der Waals surface area contributed by atoms with Crippen LogP contribution in [0.3, 0.4) is 0 Å². The summed E-state index contributed by atoms with van der Waals surface area (Å²) >= 11 is 0. The van der Waals surface area contributed by atoms with Gasteiger partial charge < -0.3 is 15.6 Å². The highest BCUT2D eigenvalue weighted by atomic mass is 19.3. The van der Waals surface area contributed by atoms with Crippen LogP contribution in [0, 0.1) is 5.92 Å². The standard InChI is InChI=1S/C8H13F2NO3/c9-8(10,6(11)7(12)13)5-1-3-14-4-2-5/h5-6H,1-4,11H2,(H,12,13). The molecule has 0 saturated carbocycles. The highest BCUT2D eigenvalue weighted by Crippen LogP contribution is 2.34. The SMILES string of the molecule is NC(C(=O)O)C(F)(F)C1CCOCC1. The van der Waals surface area contributed by atoms with E-state index >= 15 is 0 Å². The number of alkyl halides is 2. The fourth-order valence-electron chi connectivity index (χ4n) is 1.50. The van der Waals surface area contributed by atoms with Gasteiger partial charge in [-0.15, -0.1) is 0 Å². The normalized spacial score (nSPS) is 21.9. The summed E-state index contributed by atoms with van der Waals surface area (Å²) in [5.74, 6) is -6.00. The van der Waals surface area contributed by atoms with Crippen molar-refractivity contribution in [2.75, 3.05) is 13.2 Å². The molecule has 1 unspecified atom stereocenters. The van der Waals surface area contributed by atoms with Crippen molar-refractivity contribution < 1.29 is 23.4 Å². The van der Waals surface area contributed by atoms with Gasteiger partial charge in [-0.25, -0.2) is 8.78 Å². The summed E-state index contributed by atoms with van der Waals surface area (Å²) in [5.41, 5.74) is 4.93. The molecule has 82 valence electrons. The molecule has 4 nitrogen and oxygen atoms in total. The second-order valence-corrected chi connectivity index (χ2v) is 3.38. The van der Waals surface area contributed by atoms with E-state index in [9.17, 15) is 13.6 Å². The van der Waals surface area contributed by atoms with Crippen LogP contribution in [0.15, 0.2) is 0 Å². The van der Waals surface area contributed by atoms with E-state index in [1.807, 2.05) is 0 Å². The van der Waals surface area contributed by atoms with Gasteiger partial charge in [-0.2, -0.15) is 0 Å². The monoisotopic (exact) mass is 209 g/mol. The molecule has 0 spiro atoms. The summed E-state index contributed by atoms with van der Waals surface area (Å²) in [6.07, 6.45) is 0.321. The lowest BCUT2D eigenvalue weighted by Crippen LogP contribution is -2.52. The molecule has 0 radical (unpaired) electrons. The first-order chi connectivity index (χ1) is 6.46. The Morgan fingerprint density at radius 3 is 2.43 bits per heavy atom. The lowest BCUT2D eigenvalue weighted by molar-refractivity contribution is -0.159. The molecule has 0 amide bonds. The number of carboxylic acid groups (broad SMARTS) is 1. The van der Waals surface area contributed by atoms with Crippen LogP contribution in [0.5, 0.6) is 0 Å². The van der Waals surface area contributed by atoms with Crippen molar-refractivity contribution in [1.29, 1.82) is 0 Å². The fourth-order valence-corrected chi connectivity index (χ4v) is 1.50. The molecular formula is C8H13F2NO3. The van der Waals surface area contributed by atoms with Crippen LogP contribution in [-0.2, 0) is 9.53 Å². The third-order valence-corrected chi connectivity index (χ3v) is 2.45. The quantitative estimate of drug-likeness (QED) is 0.708. The van der Waals surface area contributed by atoms with Crippen LogP contribution in [0.4, 0.5) is 8.78 Å². The molecule has 14 heavy (non-hydrogen) atoms. The van der Waals surface area contributed by atoms with Gasteiger partial charge in [0.2, 0.25) is 0 Å². The Bertz CT molecular complexity index is 217. The van der Waals surface area contributed by atoms with Gasteiger partial charge in [0.15, 0.2) is 6.04 Å². The first-order valence-electron chi connectivity index (χ1n) is 4.40. The Kier molecular flexibility index (Phi) is 3.38. The van der Waals surface area contributed by atoms with E-state index in [-0.39, 0.29) is 26.1 Å². The molecule has 0 aromatic heterocycles. The topological polar surface area (TPSA) is 72.6 Å². The van der Waals surface area contributed by atoms with Crippen molar-refractivity contribution in [3.05, 3.63) is 0 Å². The molecular weight excluding hydrogens is 196 g/mol. The molecule has 0 bridgehead atoms. The minimum absolute atomic E-state index is 0.161. The molecule has 0 aromatic rings. The molecule has 1 aliphatic rings. The van der Waals surface area contributed by atoms with Crippen molar-refractivity contribution in [2.45, 2.75) is 24.8 Å². The molecule has 0 aliphatic carbocycles. The van der Waals surface area contributed by atoms with Crippen LogP contribution in [-0.4, -0.2) is 36.3 Å². The van der Waals surface area contributed by atoms with Crippen LogP contribution in [0.1, 0.15) is 12.8 Å². The molecule has 1 atom stereocenters. The Morgan fingerprint density at radius 1 is 1.50 bits per heavy atom. The predicted molar refractivity (Wildman–Crippen MR) is 44.1 cm³/mol. The average molecular weight is 209 g/mol. The minimum atomic E-state index is -3.35. The zero-order valence-electron chi connectivity index (χ0n) is 7.58. The van der Waals surface area contributed by atoms with E-state index in [2.05, 4.69) is 0 Å². The minimum Gasteiger partial charge on any atom is -0.480 e. The van der Waals surface area contributed by atoms with Gasteiger partial charge in [0.1, 0.15) is 0 Å². The maximum absolute atomic E-state index is 13.4. The molecule has 0 aromatic carbocycles. The summed E-state index contributed by atoms with van der Waals surface area (Å²) in [6.45, 7) is 0.485. The highest BCUT2D eigenvalue weighted by Gasteiger charge is 2.48. The van der Waals surface area contributed by atoms with Crippen molar-refractivity contribution in [3.63, 3.8) is 0 Å². The number of nitrogens with two attached hydrogens (primary N) is 1. The number of halogens is 2. The van der Waals surface area contributed by atoms with Gasteiger partial charge in [-0.1, -0.05) is 0 Å². The number of carbonyl (C=O) groups is 1. The van der Waals surface area contributed by atoms with Crippen molar-refractivity contribution in [1.82, 2.24) is 0 Å². The predicted octanol–water partition coefficient (Wildman–Crippen LogP) is 0.460. The van der Waals surface area contributed by atoms with Crippen LogP contribution < -0.4 is 5.73 Å². The van der Waals surface area contributed by atoms with E-state index < -0.39 is 23.9 Å². The largest absolute Gasteiger partial charge is 0.480 e. The molecule has 1 heterocycles. The molecule has 1 fully saturated rings. The molecule has 1 aliphatic heterocycles.